The number of carbonyl (C=O) groups is 1. The Kier molecular flexibility index (Phi) is 8.47. The molecular weight excluding hydrogens is 659 g/mol. The summed E-state index contributed by atoms with van der Waals surface area (Å²) < 4.78 is 38.2. The molecule has 3 aliphatic rings. The number of urea groups is 1. The fourth-order valence-electron chi connectivity index (χ4n) is 7.93. The number of fused-ring (bicyclic) bond motifs is 3. The van der Waals surface area contributed by atoms with Gasteiger partial charge in [-0.25, -0.2) is 18.4 Å². The van der Waals surface area contributed by atoms with Gasteiger partial charge in [0.1, 0.15) is 10.4 Å². The second-order valence-electron chi connectivity index (χ2n) is 14.6. The van der Waals surface area contributed by atoms with E-state index >= 15 is 4.21 Å². The number of rotatable bonds is 8. The van der Waals surface area contributed by atoms with Crippen LogP contribution in [0.4, 0.5) is 10.5 Å². The van der Waals surface area contributed by atoms with Crippen LogP contribution in [0.5, 0.6) is 5.88 Å². The smallest absolute Gasteiger partial charge is 0.331 e. The summed E-state index contributed by atoms with van der Waals surface area (Å²) in [5.74, 6) is 0.343. The summed E-state index contributed by atoms with van der Waals surface area (Å²) in [6, 6.07) is 31.1. The molecule has 1 unspecified atom stereocenters. The van der Waals surface area contributed by atoms with Gasteiger partial charge in [-0.15, -0.1) is 0 Å². The zero-order valence-corrected chi connectivity index (χ0v) is 30.0. The minimum atomic E-state index is -3.84. The van der Waals surface area contributed by atoms with E-state index in [-0.39, 0.29) is 16.4 Å². The summed E-state index contributed by atoms with van der Waals surface area (Å²) in [6.45, 7) is 5.16. The van der Waals surface area contributed by atoms with Gasteiger partial charge in [0, 0.05) is 24.6 Å². The minimum Gasteiger partial charge on any atom is -0.476 e. The Morgan fingerprint density at radius 2 is 1.55 bits per heavy atom. The minimum absolute atomic E-state index is 0.0499. The number of nitrogens with zero attached hydrogens (tertiary/aromatic N) is 3. The molecule has 0 saturated carbocycles. The summed E-state index contributed by atoms with van der Waals surface area (Å²) in [6.07, 6.45) is 5.95. The van der Waals surface area contributed by atoms with Crippen LogP contribution >= 0.6 is 0 Å². The number of ether oxygens (including phenoxy) is 2. The highest BCUT2D eigenvalue weighted by Crippen LogP contribution is 2.44. The molecule has 2 amide bonds. The van der Waals surface area contributed by atoms with E-state index in [0.717, 1.165) is 59.2 Å². The number of hydrogen-bond acceptors (Lipinski definition) is 6. The van der Waals surface area contributed by atoms with Gasteiger partial charge in [0.15, 0.2) is 9.92 Å². The molecule has 0 bridgehead atoms. The number of nitrogens with one attached hydrogen (secondary N) is 2. The zero-order valence-electron chi connectivity index (χ0n) is 29.2. The van der Waals surface area contributed by atoms with Gasteiger partial charge in [0.25, 0.3) is 0 Å². The molecule has 5 aromatic rings. The monoisotopic (exact) mass is 701 g/mol. The number of aryl methyl sites for hydroxylation is 1. The number of amides is 2. The molecule has 0 saturated heterocycles. The lowest BCUT2D eigenvalue weighted by Gasteiger charge is -2.34. The first-order chi connectivity index (χ1) is 24.7. The Morgan fingerprint density at radius 1 is 0.922 bits per heavy atom. The lowest BCUT2D eigenvalue weighted by atomic mass is 9.78. The molecule has 2 N–H and O–H groups in total. The van der Waals surface area contributed by atoms with Crippen molar-refractivity contribution >= 4 is 21.6 Å². The normalized spacial score (nSPS) is 18.5. The number of anilines is 1. The van der Waals surface area contributed by atoms with Crippen LogP contribution < -0.4 is 14.8 Å². The summed E-state index contributed by atoms with van der Waals surface area (Å²) >= 11 is 0. The van der Waals surface area contributed by atoms with Gasteiger partial charge in [-0.2, -0.15) is 9.46 Å². The molecule has 1 aromatic heterocycles. The van der Waals surface area contributed by atoms with Gasteiger partial charge >= 0.3 is 6.03 Å². The maximum atomic E-state index is 16.1. The fourth-order valence-corrected chi connectivity index (χ4v) is 9.78. The highest BCUT2D eigenvalue weighted by Gasteiger charge is 2.41. The van der Waals surface area contributed by atoms with Crippen molar-refractivity contribution in [1.82, 2.24) is 14.5 Å². The molecule has 0 spiro atoms. The van der Waals surface area contributed by atoms with Crippen molar-refractivity contribution in [3.63, 3.8) is 0 Å². The molecule has 1 aliphatic heterocycles. The second-order valence-corrected chi connectivity index (χ2v) is 16.4. The predicted molar refractivity (Wildman–Crippen MR) is 198 cm³/mol. The first-order valence-electron chi connectivity index (χ1n) is 17.6. The van der Waals surface area contributed by atoms with Crippen LogP contribution in [0.15, 0.2) is 113 Å². The van der Waals surface area contributed by atoms with Crippen LogP contribution in [-0.4, -0.2) is 39.8 Å². The molecule has 2 aliphatic carbocycles. The number of benzene rings is 4. The molecule has 2 heterocycles. The maximum absolute atomic E-state index is 16.1. The van der Waals surface area contributed by atoms with Crippen LogP contribution in [0.1, 0.15) is 59.2 Å². The van der Waals surface area contributed by atoms with Gasteiger partial charge in [0.2, 0.25) is 5.88 Å². The molecule has 4 aromatic carbocycles. The van der Waals surface area contributed by atoms with Crippen LogP contribution in [-0.2, 0) is 52.4 Å². The van der Waals surface area contributed by atoms with Crippen LogP contribution in [0.3, 0.4) is 0 Å². The number of hydrogen-bond donors (Lipinski definition) is 2. The third-order valence-corrected chi connectivity index (χ3v) is 12.2. The summed E-state index contributed by atoms with van der Waals surface area (Å²) in [7, 11) is -2.11. The molecule has 2 atom stereocenters. The van der Waals surface area contributed by atoms with Gasteiger partial charge in [-0.05, 0) is 64.6 Å². The topological polar surface area (TPSA) is 107 Å². The van der Waals surface area contributed by atoms with Crippen LogP contribution in [0.25, 0.3) is 0 Å². The van der Waals surface area contributed by atoms with Crippen molar-refractivity contribution in [1.29, 1.82) is 0 Å². The average molecular weight is 702 g/mol. The van der Waals surface area contributed by atoms with E-state index in [1.54, 1.807) is 11.8 Å². The quantitative estimate of drug-likeness (QED) is 0.164. The molecule has 51 heavy (non-hydrogen) atoms. The molecule has 0 fully saturated rings. The Bertz CT molecular complexity index is 2110. The molecule has 8 rings (SSSR count). The lowest BCUT2D eigenvalue weighted by Crippen LogP contribution is -2.39. The Morgan fingerprint density at radius 3 is 2.16 bits per heavy atom. The zero-order chi connectivity index (χ0) is 35.2. The van der Waals surface area contributed by atoms with E-state index in [1.165, 1.54) is 17.3 Å². The number of carbonyl (C=O) groups excluding carboxylic acids is 1. The Hall–Kier alpha value is -4.93. The van der Waals surface area contributed by atoms with Crippen LogP contribution in [0.2, 0.25) is 0 Å². The molecule has 9 nitrogen and oxygen atoms in total. The van der Waals surface area contributed by atoms with E-state index in [1.807, 2.05) is 91.0 Å². The van der Waals surface area contributed by atoms with Gasteiger partial charge in [-0.1, -0.05) is 111 Å². The van der Waals surface area contributed by atoms with Gasteiger partial charge in [0.05, 0.1) is 25.5 Å². The third-order valence-electron chi connectivity index (χ3n) is 10.4. The highest BCUT2D eigenvalue weighted by molar-refractivity contribution is 7.92. The number of aromatic nitrogens is 2. The SMILES string of the molecule is CO[C@H]1Cc2cc3c(c(NC(=O)NS(=O)(=NC(c4ccccc4)(c4ccccc4)c4ccccc4)c4cnn5c4OCC(C)(C)C5)c2C1)CCC3. The van der Waals surface area contributed by atoms with E-state index in [0.29, 0.717) is 25.5 Å². The average Bonchev–Trinajstić information content (AvgIpc) is 3.90. The molecule has 10 heteroatoms. The summed E-state index contributed by atoms with van der Waals surface area (Å²) in [4.78, 5) is 14.7. The molecule has 0 radical (unpaired) electrons. The highest BCUT2D eigenvalue weighted by atomic mass is 32.2. The number of methoxy groups -OCH3 is 1. The van der Waals surface area contributed by atoms with Crippen molar-refractivity contribution in [2.45, 2.75) is 69.0 Å². The second kappa shape index (κ2) is 13.0. The van der Waals surface area contributed by atoms with Crippen molar-refractivity contribution in [2.24, 2.45) is 9.78 Å². The molecular formula is C41H43N5O4S. The largest absolute Gasteiger partial charge is 0.476 e. The van der Waals surface area contributed by atoms with Crippen molar-refractivity contribution in [3.8, 4) is 5.88 Å². The van der Waals surface area contributed by atoms with Gasteiger partial charge in [-0.3, -0.25) is 0 Å². The lowest BCUT2D eigenvalue weighted by molar-refractivity contribution is 0.0971. The van der Waals surface area contributed by atoms with Crippen molar-refractivity contribution in [2.75, 3.05) is 19.0 Å². The summed E-state index contributed by atoms with van der Waals surface area (Å²) in [5.41, 5.74) is 6.39. The maximum Gasteiger partial charge on any atom is 0.331 e. The van der Waals surface area contributed by atoms with E-state index in [4.69, 9.17) is 13.8 Å². The summed E-state index contributed by atoms with van der Waals surface area (Å²) in [5, 5.41) is 7.83. The fraction of sp³-hybridized carbons (Fsp3) is 0.317. The Labute approximate surface area is 299 Å². The van der Waals surface area contributed by atoms with Crippen LogP contribution in [0, 0.1) is 5.41 Å². The standard InChI is InChI=1S/C41H43N5O4S/c1-40(2)26-46-38(50-27-40)36(25-42-46)51(48,44-39(47)43-37-34-21-13-14-28(34)22-29-23-33(49-3)24-35(29)37)45-41(30-15-7-4-8-16-30,31-17-9-5-10-18-31)32-19-11-6-12-20-32/h4-12,15-20,22,25,33H,13-14,21,23-24,26-27H2,1-3H3,(H2,43,44,45,47,48)/t33-,51?/m0/s1. The van der Waals surface area contributed by atoms with E-state index in [9.17, 15) is 4.79 Å². The third kappa shape index (κ3) is 6.00. The van der Waals surface area contributed by atoms with Gasteiger partial charge < -0.3 is 14.8 Å². The van der Waals surface area contributed by atoms with E-state index < -0.39 is 21.5 Å². The first kappa shape index (κ1) is 33.2. The molecule has 262 valence electrons. The van der Waals surface area contributed by atoms with Crippen molar-refractivity contribution in [3.05, 3.63) is 142 Å². The predicted octanol–water partition coefficient (Wildman–Crippen LogP) is 7.46. The van der Waals surface area contributed by atoms with Crippen molar-refractivity contribution < 1.29 is 18.5 Å². The Balaban J connectivity index is 1.33. The first-order valence-corrected chi connectivity index (χ1v) is 19.1. The van der Waals surface area contributed by atoms with E-state index in [2.05, 4.69) is 35.1 Å².